The molecule has 1 fully saturated rings. The maximum atomic E-state index is 13.4. The van der Waals surface area contributed by atoms with Crippen LogP contribution >= 0.6 is 11.6 Å². The van der Waals surface area contributed by atoms with Gasteiger partial charge in [0.25, 0.3) is 0 Å². The molecule has 0 aromatic carbocycles. The summed E-state index contributed by atoms with van der Waals surface area (Å²) in [6.45, 7) is 3.78. The number of urea groups is 1. The van der Waals surface area contributed by atoms with Gasteiger partial charge in [-0.3, -0.25) is 15.1 Å². The fourth-order valence-corrected chi connectivity index (χ4v) is 4.32. The van der Waals surface area contributed by atoms with Crippen LogP contribution in [0.4, 0.5) is 16.3 Å². The van der Waals surface area contributed by atoms with Crippen LogP contribution in [-0.2, 0) is 22.5 Å². The maximum Gasteiger partial charge on any atom is 0.323 e. The van der Waals surface area contributed by atoms with Crippen LogP contribution < -0.4 is 10.6 Å². The molecule has 0 aliphatic carbocycles. The van der Waals surface area contributed by atoms with Crippen LogP contribution in [-0.4, -0.2) is 70.6 Å². The number of amides is 3. The Morgan fingerprint density at radius 2 is 2.06 bits per heavy atom. The fraction of sp³-hybridized carbons (Fsp3) is 0.455. The predicted octanol–water partition coefficient (Wildman–Crippen LogP) is 2.77. The minimum absolute atomic E-state index is 0.258. The van der Waals surface area contributed by atoms with Gasteiger partial charge in [0.2, 0.25) is 5.91 Å². The second-order valence-electron chi connectivity index (χ2n) is 8.51. The third-order valence-electron chi connectivity index (χ3n) is 6.14. The van der Waals surface area contributed by atoms with Gasteiger partial charge >= 0.3 is 6.03 Å². The molecule has 2 atom stereocenters. The zero-order valence-corrected chi connectivity index (χ0v) is 19.1. The molecule has 10 heteroatoms. The molecular weight excluding hydrogens is 432 g/mol. The van der Waals surface area contributed by atoms with Crippen molar-refractivity contribution in [3.8, 4) is 0 Å². The number of nitrogens with zero attached hydrogens (tertiary/aromatic N) is 4. The highest BCUT2D eigenvalue weighted by Gasteiger charge is 2.50. The summed E-state index contributed by atoms with van der Waals surface area (Å²) in [5, 5.41) is 6.17. The molecule has 2 aromatic heterocycles. The summed E-state index contributed by atoms with van der Waals surface area (Å²) in [5.74, 6) is 0.0674. The second-order valence-corrected chi connectivity index (χ2v) is 8.95. The van der Waals surface area contributed by atoms with E-state index in [9.17, 15) is 9.59 Å². The number of likely N-dealkylation sites (N-methyl/N-ethyl adjacent to an activating group) is 1. The number of nitrogens with one attached hydrogen (secondary N) is 2. The lowest BCUT2D eigenvalue weighted by atomic mass is 9.96. The highest BCUT2D eigenvalue weighted by Crippen LogP contribution is 2.33. The van der Waals surface area contributed by atoms with E-state index in [-0.39, 0.29) is 18.6 Å². The first-order chi connectivity index (χ1) is 15.3. The number of hydrogen-bond donors (Lipinski definition) is 2. The topological polar surface area (TPSA) is 99.7 Å². The first-order valence-corrected chi connectivity index (χ1v) is 10.9. The van der Waals surface area contributed by atoms with Crippen molar-refractivity contribution < 1.29 is 14.3 Å². The molecule has 4 rings (SSSR count). The van der Waals surface area contributed by atoms with Crippen molar-refractivity contribution >= 4 is 35.0 Å². The minimum Gasteiger partial charge on any atom is -0.380 e. The molecule has 9 nitrogen and oxygen atoms in total. The Morgan fingerprint density at radius 1 is 1.25 bits per heavy atom. The van der Waals surface area contributed by atoms with Crippen LogP contribution in [0.3, 0.4) is 0 Å². The van der Waals surface area contributed by atoms with Gasteiger partial charge < -0.3 is 19.9 Å². The largest absolute Gasteiger partial charge is 0.380 e. The first kappa shape index (κ1) is 22.4. The molecule has 2 aliphatic rings. The highest BCUT2D eigenvalue weighted by molar-refractivity contribution is 6.30. The fourth-order valence-electron chi connectivity index (χ4n) is 4.21. The van der Waals surface area contributed by atoms with Gasteiger partial charge in [0.05, 0.1) is 28.7 Å². The number of carbonyl (C=O) groups excluding carboxylic acids is 2. The molecule has 4 heterocycles. The summed E-state index contributed by atoms with van der Waals surface area (Å²) in [7, 11) is 3.64. The van der Waals surface area contributed by atoms with Gasteiger partial charge in [-0.25, -0.2) is 9.78 Å². The lowest BCUT2D eigenvalue weighted by Crippen LogP contribution is -2.54. The number of pyridine rings is 2. The van der Waals surface area contributed by atoms with Crippen molar-refractivity contribution in [1.82, 2.24) is 19.8 Å². The van der Waals surface area contributed by atoms with Gasteiger partial charge in [-0.1, -0.05) is 11.6 Å². The highest BCUT2D eigenvalue weighted by atomic mass is 35.5. The van der Waals surface area contributed by atoms with Crippen molar-refractivity contribution in [3.63, 3.8) is 0 Å². The molecule has 3 amide bonds. The van der Waals surface area contributed by atoms with E-state index in [4.69, 9.17) is 16.3 Å². The van der Waals surface area contributed by atoms with Gasteiger partial charge in [0.1, 0.15) is 11.4 Å². The standard InChI is InChI=1S/C22H27ClN6O3/c1-22(20(30)26-16-8-14-6-7-28(2)13-18(14)24-11-16)9-17(32-3)12-29(22)21(31)27-19-5-4-15(23)10-25-19/h4-5,8,10-11,17H,6-7,9,12-13H2,1-3H3,(H,26,30)(H,25,27,31)/t17-,22-/m1/s1. The zero-order chi connectivity index (χ0) is 22.9. The summed E-state index contributed by atoms with van der Waals surface area (Å²) < 4.78 is 5.49. The molecule has 1 saturated heterocycles. The minimum atomic E-state index is -1.10. The van der Waals surface area contributed by atoms with Gasteiger partial charge in [-0.2, -0.15) is 0 Å². The second kappa shape index (κ2) is 9.01. The monoisotopic (exact) mass is 458 g/mol. The van der Waals surface area contributed by atoms with E-state index in [1.54, 1.807) is 32.4 Å². The Labute approximate surface area is 192 Å². The number of carbonyl (C=O) groups is 2. The van der Waals surface area contributed by atoms with Crippen molar-refractivity contribution in [2.24, 2.45) is 0 Å². The smallest absolute Gasteiger partial charge is 0.323 e. The SMILES string of the molecule is CO[C@H]1CN(C(=O)Nc2ccc(Cl)cn2)[C@@](C)(C(=O)Nc2cnc3c(c2)CCN(C)C3)C1. The average molecular weight is 459 g/mol. The van der Waals surface area contributed by atoms with Crippen LogP contribution in [0.25, 0.3) is 0 Å². The molecule has 170 valence electrons. The summed E-state index contributed by atoms with van der Waals surface area (Å²) in [5.41, 5.74) is 1.68. The van der Waals surface area contributed by atoms with E-state index in [0.29, 0.717) is 22.9 Å². The van der Waals surface area contributed by atoms with Crippen LogP contribution in [0.1, 0.15) is 24.6 Å². The van der Waals surface area contributed by atoms with E-state index in [1.807, 2.05) is 6.07 Å². The Bertz CT molecular complexity index is 1020. The third-order valence-corrected chi connectivity index (χ3v) is 6.36. The van der Waals surface area contributed by atoms with E-state index < -0.39 is 11.6 Å². The molecule has 2 aliphatic heterocycles. The van der Waals surface area contributed by atoms with Crippen molar-refractivity contribution in [2.75, 3.05) is 37.9 Å². The van der Waals surface area contributed by atoms with E-state index >= 15 is 0 Å². The number of anilines is 2. The van der Waals surface area contributed by atoms with Crippen molar-refractivity contribution in [3.05, 3.63) is 46.9 Å². The quantitative estimate of drug-likeness (QED) is 0.730. The van der Waals surface area contributed by atoms with Gasteiger partial charge in [-0.15, -0.1) is 0 Å². The molecule has 2 aromatic rings. The Balaban J connectivity index is 1.51. The third kappa shape index (κ3) is 4.55. The van der Waals surface area contributed by atoms with Gasteiger partial charge in [0, 0.05) is 39.4 Å². The number of fused-ring (bicyclic) bond motifs is 1. The molecule has 0 saturated carbocycles. The van der Waals surface area contributed by atoms with E-state index in [1.165, 1.54) is 11.1 Å². The predicted molar refractivity (Wildman–Crippen MR) is 122 cm³/mol. The lowest BCUT2D eigenvalue weighted by molar-refractivity contribution is -0.124. The van der Waals surface area contributed by atoms with E-state index in [0.717, 1.165) is 30.8 Å². The Morgan fingerprint density at radius 3 is 2.78 bits per heavy atom. The summed E-state index contributed by atoms with van der Waals surface area (Å²) >= 11 is 5.87. The Hall–Kier alpha value is -2.75. The molecule has 2 N–H and O–H groups in total. The van der Waals surface area contributed by atoms with Crippen LogP contribution in [0.5, 0.6) is 0 Å². The Kier molecular flexibility index (Phi) is 6.32. The maximum absolute atomic E-state index is 13.4. The summed E-state index contributed by atoms with van der Waals surface area (Å²) in [6.07, 6.45) is 4.12. The average Bonchev–Trinajstić information content (AvgIpc) is 3.13. The van der Waals surface area contributed by atoms with Crippen molar-refractivity contribution in [2.45, 2.75) is 38.0 Å². The normalized spacial score (nSPS) is 23.0. The number of likely N-dealkylation sites (tertiary alicyclic amines) is 1. The molecular formula is C22H27ClN6O3. The number of ether oxygens (including phenoxy) is 1. The lowest BCUT2D eigenvalue weighted by Gasteiger charge is -2.33. The number of aromatic nitrogens is 2. The van der Waals surface area contributed by atoms with E-state index in [2.05, 4.69) is 32.5 Å². The van der Waals surface area contributed by atoms with Crippen molar-refractivity contribution in [1.29, 1.82) is 0 Å². The molecule has 0 radical (unpaired) electrons. The summed E-state index contributed by atoms with van der Waals surface area (Å²) in [6, 6.07) is 4.79. The molecule has 32 heavy (non-hydrogen) atoms. The zero-order valence-electron chi connectivity index (χ0n) is 18.4. The van der Waals surface area contributed by atoms with Gasteiger partial charge in [0.15, 0.2) is 0 Å². The molecule has 0 unspecified atom stereocenters. The van der Waals surface area contributed by atoms with Gasteiger partial charge in [-0.05, 0) is 44.2 Å². The van der Waals surface area contributed by atoms with Crippen LogP contribution in [0, 0.1) is 0 Å². The van der Waals surface area contributed by atoms with Crippen LogP contribution in [0.15, 0.2) is 30.6 Å². The first-order valence-electron chi connectivity index (χ1n) is 10.5. The number of halogens is 1. The molecule has 0 spiro atoms. The number of methoxy groups -OCH3 is 1. The summed E-state index contributed by atoms with van der Waals surface area (Å²) in [4.78, 5) is 38.8. The molecule has 0 bridgehead atoms. The number of rotatable bonds is 4. The number of hydrogen-bond acceptors (Lipinski definition) is 6. The van der Waals surface area contributed by atoms with Crippen LogP contribution in [0.2, 0.25) is 5.02 Å².